The Morgan fingerprint density at radius 2 is 2.08 bits per heavy atom. The number of nitro groups is 1. The summed E-state index contributed by atoms with van der Waals surface area (Å²) in [5, 5.41) is 15.2. The van der Waals surface area contributed by atoms with Gasteiger partial charge in [-0.1, -0.05) is 12.1 Å². The lowest BCUT2D eigenvalue weighted by Crippen LogP contribution is -2.03. The molecular weight excluding hydrogens is 326 g/mol. The molecule has 7 nitrogen and oxygen atoms in total. The number of aromatic nitrogens is 3. The number of benzene rings is 1. The summed E-state index contributed by atoms with van der Waals surface area (Å²) in [6.07, 6.45) is 1.84. The van der Waals surface area contributed by atoms with Crippen molar-refractivity contribution in [2.24, 2.45) is 0 Å². The number of hydrogen-bond acceptors (Lipinski definition) is 7. The van der Waals surface area contributed by atoms with Crippen molar-refractivity contribution >= 4 is 22.8 Å². The molecule has 1 aromatic carbocycles. The van der Waals surface area contributed by atoms with E-state index in [1.54, 1.807) is 23.5 Å². The van der Waals surface area contributed by atoms with Crippen molar-refractivity contribution in [1.82, 2.24) is 15.0 Å². The summed E-state index contributed by atoms with van der Waals surface area (Å²) in [5.74, 6) is 1.14. The van der Waals surface area contributed by atoms with Crippen LogP contribution in [0.3, 0.4) is 0 Å². The standard InChI is InChI=1S/C16H15N5O2S/c1-10-6-15(18-9-14-8-17-11(2)24-14)20-16(19-10)12-4-3-5-13(7-12)21(22)23/h3-8H,9H2,1-2H3,(H,18,19,20). The number of nitrogens with one attached hydrogen (secondary N) is 1. The molecule has 2 heterocycles. The van der Waals surface area contributed by atoms with Gasteiger partial charge in [0, 0.05) is 40.5 Å². The Bertz CT molecular complexity index is 894. The summed E-state index contributed by atoms with van der Waals surface area (Å²) < 4.78 is 0. The number of nitrogens with zero attached hydrogens (tertiary/aromatic N) is 4. The smallest absolute Gasteiger partial charge is 0.270 e. The van der Waals surface area contributed by atoms with Crippen LogP contribution in [0.25, 0.3) is 11.4 Å². The molecule has 0 saturated carbocycles. The van der Waals surface area contributed by atoms with Gasteiger partial charge in [0.2, 0.25) is 0 Å². The average Bonchev–Trinajstić information content (AvgIpc) is 2.98. The van der Waals surface area contributed by atoms with E-state index in [-0.39, 0.29) is 5.69 Å². The van der Waals surface area contributed by atoms with Crippen molar-refractivity contribution in [3.05, 3.63) is 62.2 Å². The van der Waals surface area contributed by atoms with Gasteiger partial charge in [0.25, 0.3) is 5.69 Å². The van der Waals surface area contributed by atoms with Gasteiger partial charge in [-0.3, -0.25) is 10.1 Å². The molecule has 0 aliphatic rings. The SMILES string of the molecule is Cc1cc(NCc2cnc(C)s2)nc(-c2cccc([N+](=O)[O-])c2)n1. The van der Waals surface area contributed by atoms with Crippen molar-refractivity contribution in [2.45, 2.75) is 20.4 Å². The largest absolute Gasteiger partial charge is 0.365 e. The number of non-ortho nitro benzene ring substituents is 1. The zero-order valence-corrected chi connectivity index (χ0v) is 14.0. The summed E-state index contributed by atoms with van der Waals surface area (Å²) in [4.78, 5) is 24.7. The van der Waals surface area contributed by atoms with E-state index in [1.807, 2.05) is 26.1 Å². The van der Waals surface area contributed by atoms with Gasteiger partial charge in [0.15, 0.2) is 5.82 Å². The quantitative estimate of drug-likeness (QED) is 0.561. The Morgan fingerprint density at radius 3 is 2.79 bits per heavy atom. The second-order valence-electron chi connectivity index (χ2n) is 5.22. The molecule has 0 bridgehead atoms. The van der Waals surface area contributed by atoms with E-state index in [2.05, 4.69) is 20.3 Å². The topological polar surface area (TPSA) is 93.8 Å². The second-order valence-corrected chi connectivity index (χ2v) is 6.54. The van der Waals surface area contributed by atoms with Crippen LogP contribution in [0.1, 0.15) is 15.6 Å². The van der Waals surface area contributed by atoms with Crippen LogP contribution in [0, 0.1) is 24.0 Å². The highest BCUT2D eigenvalue weighted by Gasteiger charge is 2.10. The monoisotopic (exact) mass is 341 g/mol. The fraction of sp³-hybridized carbons (Fsp3) is 0.188. The van der Waals surface area contributed by atoms with Crippen LogP contribution >= 0.6 is 11.3 Å². The molecular formula is C16H15N5O2S. The lowest BCUT2D eigenvalue weighted by molar-refractivity contribution is -0.384. The second kappa shape index (κ2) is 6.71. The molecule has 2 aromatic heterocycles. The van der Waals surface area contributed by atoms with Gasteiger partial charge in [-0.15, -0.1) is 11.3 Å². The predicted octanol–water partition coefficient (Wildman–Crippen LogP) is 3.74. The van der Waals surface area contributed by atoms with E-state index < -0.39 is 4.92 Å². The molecule has 0 aliphatic carbocycles. The van der Waals surface area contributed by atoms with Crippen molar-refractivity contribution in [2.75, 3.05) is 5.32 Å². The molecule has 1 N–H and O–H groups in total. The molecule has 0 fully saturated rings. The molecule has 3 rings (SSSR count). The molecule has 0 unspecified atom stereocenters. The predicted molar refractivity (Wildman–Crippen MR) is 93.0 cm³/mol. The van der Waals surface area contributed by atoms with Gasteiger partial charge in [-0.05, 0) is 13.8 Å². The van der Waals surface area contributed by atoms with E-state index in [4.69, 9.17) is 0 Å². The number of rotatable bonds is 5. The lowest BCUT2D eigenvalue weighted by Gasteiger charge is -2.08. The van der Waals surface area contributed by atoms with E-state index >= 15 is 0 Å². The van der Waals surface area contributed by atoms with Crippen LogP contribution in [0.15, 0.2) is 36.5 Å². The maximum absolute atomic E-state index is 10.9. The number of nitro benzene ring substituents is 1. The highest BCUT2D eigenvalue weighted by Crippen LogP contribution is 2.23. The highest BCUT2D eigenvalue weighted by molar-refractivity contribution is 7.11. The number of anilines is 1. The molecule has 0 spiro atoms. The summed E-state index contributed by atoms with van der Waals surface area (Å²) >= 11 is 1.62. The summed E-state index contributed by atoms with van der Waals surface area (Å²) in [6.45, 7) is 4.45. The van der Waals surface area contributed by atoms with E-state index in [0.29, 0.717) is 23.8 Å². The van der Waals surface area contributed by atoms with Crippen LogP contribution in [0.4, 0.5) is 11.5 Å². The van der Waals surface area contributed by atoms with Crippen LogP contribution in [-0.2, 0) is 6.54 Å². The highest BCUT2D eigenvalue weighted by atomic mass is 32.1. The maximum Gasteiger partial charge on any atom is 0.270 e. The number of hydrogen-bond donors (Lipinski definition) is 1. The number of aryl methyl sites for hydroxylation is 2. The number of thiazole rings is 1. The average molecular weight is 341 g/mol. The Kier molecular flexibility index (Phi) is 4.48. The van der Waals surface area contributed by atoms with Crippen molar-refractivity contribution in [3.8, 4) is 11.4 Å². The lowest BCUT2D eigenvalue weighted by atomic mass is 10.2. The first-order valence-electron chi connectivity index (χ1n) is 7.27. The Hall–Kier alpha value is -2.87. The molecule has 122 valence electrons. The van der Waals surface area contributed by atoms with E-state index in [0.717, 1.165) is 15.6 Å². The van der Waals surface area contributed by atoms with E-state index in [1.165, 1.54) is 12.1 Å². The third-order valence-corrected chi connectivity index (χ3v) is 4.20. The molecule has 0 saturated heterocycles. The molecule has 24 heavy (non-hydrogen) atoms. The molecule has 0 atom stereocenters. The molecule has 0 aliphatic heterocycles. The van der Waals surface area contributed by atoms with Gasteiger partial charge >= 0.3 is 0 Å². The molecule has 0 radical (unpaired) electrons. The first-order valence-corrected chi connectivity index (χ1v) is 8.08. The van der Waals surface area contributed by atoms with Gasteiger partial charge < -0.3 is 5.32 Å². The summed E-state index contributed by atoms with van der Waals surface area (Å²) in [6, 6.07) is 8.16. The van der Waals surface area contributed by atoms with Crippen molar-refractivity contribution in [3.63, 3.8) is 0 Å². The molecule has 0 amide bonds. The van der Waals surface area contributed by atoms with Crippen molar-refractivity contribution < 1.29 is 4.92 Å². The first kappa shape index (κ1) is 16.0. The van der Waals surface area contributed by atoms with Crippen LogP contribution in [0.5, 0.6) is 0 Å². The normalized spacial score (nSPS) is 10.6. The molecule has 3 aromatic rings. The summed E-state index contributed by atoms with van der Waals surface area (Å²) in [7, 11) is 0. The zero-order valence-electron chi connectivity index (χ0n) is 13.2. The first-order chi connectivity index (χ1) is 11.5. The molecule has 8 heteroatoms. The third-order valence-electron chi connectivity index (χ3n) is 3.28. The minimum absolute atomic E-state index is 0.0206. The Morgan fingerprint density at radius 1 is 1.25 bits per heavy atom. The Balaban J connectivity index is 1.85. The van der Waals surface area contributed by atoms with Crippen LogP contribution in [-0.4, -0.2) is 19.9 Å². The van der Waals surface area contributed by atoms with E-state index in [9.17, 15) is 10.1 Å². The fourth-order valence-corrected chi connectivity index (χ4v) is 2.95. The van der Waals surface area contributed by atoms with Crippen LogP contribution < -0.4 is 5.32 Å². The van der Waals surface area contributed by atoms with Gasteiger partial charge in [-0.2, -0.15) is 0 Å². The third kappa shape index (κ3) is 3.72. The van der Waals surface area contributed by atoms with Crippen molar-refractivity contribution in [1.29, 1.82) is 0 Å². The minimum Gasteiger partial charge on any atom is -0.365 e. The van der Waals surface area contributed by atoms with Gasteiger partial charge in [0.1, 0.15) is 5.82 Å². The zero-order chi connectivity index (χ0) is 17.1. The minimum atomic E-state index is -0.426. The van der Waals surface area contributed by atoms with Gasteiger partial charge in [0.05, 0.1) is 16.5 Å². The van der Waals surface area contributed by atoms with Crippen LogP contribution in [0.2, 0.25) is 0 Å². The fourth-order valence-electron chi connectivity index (χ4n) is 2.21. The Labute approximate surface area is 142 Å². The summed E-state index contributed by atoms with van der Waals surface area (Å²) in [5.41, 5.74) is 1.42. The van der Waals surface area contributed by atoms with Gasteiger partial charge in [-0.25, -0.2) is 15.0 Å². The maximum atomic E-state index is 10.9.